The molecule has 0 radical (unpaired) electrons. The second kappa shape index (κ2) is 6.31. The molecule has 0 fully saturated rings. The SMILES string of the molecule is CC(C)c1cc(C(C)(C)O)ccc1OCc1ccccc1. The van der Waals surface area contributed by atoms with Crippen molar-refractivity contribution in [3.63, 3.8) is 0 Å². The molecular weight excluding hydrogens is 260 g/mol. The first kappa shape index (κ1) is 15.6. The second-order valence-electron chi connectivity index (χ2n) is 6.24. The third-order valence-electron chi connectivity index (χ3n) is 3.58. The van der Waals surface area contributed by atoms with E-state index in [0.717, 1.165) is 22.4 Å². The molecule has 2 nitrogen and oxygen atoms in total. The molecule has 0 saturated heterocycles. The zero-order valence-corrected chi connectivity index (χ0v) is 13.3. The molecule has 0 bridgehead atoms. The Morgan fingerprint density at radius 1 is 1.05 bits per heavy atom. The van der Waals surface area contributed by atoms with Gasteiger partial charge in [-0.3, -0.25) is 0 Å². The highest BCUT2D eigenvalue weighted by Gasteiger charge is 2.19. The van der Waals surface area contributed by atoms with Crippen LogP contribution in [0.5, 0.6) is 5.75 Å². The van der Waals surface area contributed by atoms with Crippen LogP contribution in [0.1, 0.15) is 50.3 Å². The quantitative estimate of drug-likeness (QED) is 0.868. The van der Waals surface area contributed by atoms with Crippen LogP contribution in [-0.2, 0) is 12.2 Å². The van der Waals surface area contributed by atoms with E-state index >= 15 is 0 Å². The lowest BCUT2D eigenvalue weighted by molar-refractivity contribution is 0.0784. The molecule has 2 heteroatoms. The van der Waals surface area contributed by atoms with Crippen LogP contribution in [0.15, 0.2) is 48.5 Å². The van der Waals surface area contributed by atoms with Gasteiger partial charge in [0, 0.05) is 0 Å². The van der Waals surface area contributed by atoms with E-state index in [4.69, 9.17) is 4.74 Å². The maximum Gasteiger partial charge on any atom is 0.123 e. The number of rotatable bonds is 5. The summed E-state index contributed by atoms with van der Waals surface area (Å²) in [6.07, 6.45) is 0. The molecule has 0 heterocycles. The monoisotopic (exact) mass is 284 g/mol. The van der Waals surface area contributed by atoms with Crippen molar-refractivity contribution in [3.8, 4) is 5.75 Å². The summed E-state index contributed by atoms with van der Waals surface area (Å²) in [5.41, 5.74) is 2.37. The van der Waals surface area contributed by atoms with Crippen LogP contribution in [0.2, 0.25) is 0 Å². The molecule has 0 aliphatic heterocycles. The van der Waals surface area contributed by atoms with Gasteiger partial charge in [-0.25, -0.2) is 0 Å². The molecular formula is C19H24O2. The van der Waals surface area contributed by atoms with E-state index in [2.05, 4.69) is 26.0 Å². The largest absolute Gasteiger partial charge is 0.489 e. The van der Waals surface area contributed by atoms with E-state index in [0.29, 0.717) is 12.5 Å². The molecule has 112 valence electrons. The van der Waals surface area contributed by atoms with Gasteiger partial charge >= 0.3 is 0 Å². The molecule has 2 rings (SSSR count). The Bertz CT molecular complexity index is 580. The lowest BCUT2D eigenvalue weighted by atomic mass is 9.92. The van der Waals surface area contributed by atoms with E-state index in [1.165, 1.54) is 0 Å². The molecule has 1 N–H and O–H groups in total. The average Bonchev–Trinajstić information content (AvgIpc) is 2.45. The van der Waals surface area contributed by atoms with E-state index < -0.39 is 5.60 Å². The third kappa shape index (κ3) is 4.08. The van der Waals surface area contributed by atoms with Gasteiger partial charge in [-0.15, -0.1) is 0 Å². The summed E-state index contributed by atoms with van der Waals surface area (Å²) in [5, 5.41) is 10.2. The van der Waals surface area contributed by atoms with Gasteiger partial charge in [0.1, 0.15) is 12.4 Å². The van der Waals surface area contributed by atoms with Crippen molar-refractivity contribution in [1.82, 2.24) is 0 Å². The first-order chi connectivity index (χ1) is 9.88. The summed E-state index contributed by atoms with van der Waals surface area (Å²) in [7, 11) is 0. The summed E-state index contributed by atoms with van der Waals surface area (Å²) in [6, 6.07) is 16.1. The molecule has 0 amide bonds. The molecule has 0 spiro atoms. The summed E-state index contributed by atoms with van der Waals surface area (Å²) in [4.78, 5) is 0. The van der Waals surface area contributed by atoms with Gasteiger partial charge in [-0.1, -0.05) is 50.2 Å². The zero-order chi connectivity index (χ0) is 15.5. The topological polar surface area (TPSA) is 29.5 Å². The Balaban J connectivity index is 2.23. The summed E-state index contributed by atoms with van der Waals surface area (Å²) in [5.74, 6) is 1.24. The Kier molecular flexibility index (Phi) is 4.69. The minimum atomic E-state index is -0.832. The Morgan fingerprint density at radius 2 is 1.71 bits per heavy atom. The normalized spacial score (nSPS) is 11.7. The van der Waals surface area contributed by atoms with Gasteiger partial charge in [0.05, 0.1) is 5.60 Å². The first-order valence-electron chi connectivity index (χ1n) is 7.41. The van der Waals surface area contributed by atoms with Gasteiger partial charge in [-0.05, 0) is 48.6 Å². The predicted molar refractivity (Wildman–Crippen MR) is 86.5 cm³/mol. The van der Waals surface area contributed by atoms with Gasteiger partial charge in [0.15, 0.2) is 0 Å². The van der Waals surface area contributed by atoms with Crippen molar-refractivity contribution < 1.29 is 9.84 Å². The van der Waals surface area contributed by atoms with E-state index in [-0.39, 0.29) is 0 Å². The van der Waals surface area contributed by atoms with Crippen molar-refractivity contribution >= 4 is 0 Å². The van der Waals surface area contributed by atoms with Crippen LogP contribution in [0, 0.1) is 0 Å². The zero-order valence-electron chi connectivity index (χ0n) is 13.3. The lowest BCUT2D eigenvalue weighted by Gasteiger charge is -2.22. The standard InChI is InChI=1S/C19H24O2/c1-14(2)17-12-16(19(3,4)20)10-11-18(17)21-13-15-8-6-5-7-9-15/h5-12,14,20H,13H2,1-4H3. The van der Waals surface area contributed by atoms with Crippen LogP contribution in [0.4, 0.5) is 0 Å². The van der Waals surface area contributed by atoms with E-state index in [1.54, 1.807) is 13.8 Å². The summed E-state index contributed by atoms with van der Waals surface area (Å²) >= 11 is 0. The maximum absolute atomic E-state index is 10.2. The molecule has 2 aromatic carbocycles. The predicted octanol–water partition coefficient (Wildman–Crippen LogP) is 4.62. The molecule has 0 aromatic heterocycles. The first-order valence-corrected chi connectivity index (χ1v) is 7.41. The minimum Gasteiger partial charge on any atom is -0.489 e. The molecule has 0 atom stereocenters. The highest BCUT2D eigenvalue weighted by atomic mass is 16.5. The van der Waals surface area contributed by atoms with Crippen LogP contribution in [0.3, 0.4) is 0 Å². The highest BCUT2D eigenvalue weighted by molar-refractivity contribution is 5.41. The van der Waals surface area contributed by atoms with Crippen LogP contribution in [0.25, 0.3) is 0 Å². The van der Waals surface area contributed by atoms with Crippen LogP contribution in [-0.4, -0.2) is 5.11 Å². The fourth-order valence-electron chi connectivity index (χ4n) is 2.25. The summed E-state index contributed by atoms with van der Waals surface area (Å²) < 4.78 is 5.97. The number of hydrogen-bond acceptors (Lipinski definition) is 2. The van der Waals surface area contributed by atoms with Gasteiger partial charge in [0.2, 0.25) is 0 Å². The molecule has 0 saturated carbocycles. The number of hydrogen-bond donors (Lipinski definition) is 1. The van der Waals surface area contributed by atoms with Crippen molar-refractivity contribution in [1.29, 1.82) is 0 Å². The molecule has 21 heavy (non-hydrogen) atoms. The lowest BCUT2D eigenvalue weighted by Crippen LogP contribution is -2.16. The van der Waals surface area contributed by atoms with Gasteiger partial charge in [-0.2, -0.15) is 0 Å². The van der Waals surface area contributed by atoms with Gasteiger partial charge < -0.3 is 9.84 Å². The third-order valence-corrected chi connectivity index (χ3v) is 3.58. The van der Waals surface area contributed by atoms with Gasteiger partial charge in [0.25, 0.3) is 0 Å². The second-order valence-corrected chi connectivity index (χ2v) is 6.24. The summed E-state index contributed by atoms with van der Waals surface area (Å²) in [6.45, 7) is 8.44. The Labute approximate surface area is 127 Å². The maximum atomic E-state index is 10.2. The fourth-order valence-corrected chi connectivity index (χ4v) is 2.25. The fraction of sp³-hybridized carbons (Fsp3) is 0.368. The Morgan fingerprint density at radius 3 is 2.29 bits per heavy atom. The average molecular weight is 284 g/mol. The van der Waals surface area contributed by atoms with E-state index in [9.17, 15) is 5.11 Å². The molecule has 0 unspecified atom stereocenters. The minimum absolute atomic E-state index is 0.345. The number of ether oxygens (including phenoxy) is 1. The Hall–Kier alpha value is -1.80. The smallest absolute Gasteiger partial charge is 0.123 e. The van der Waals surface area contributed by atoms with Crippen molar-refractivity contribution in [3.05, 3.63) is 65.2 Å². The molecule has 0 aliphatic carbocycles. The van der Waals surface area contributed by atoms with Crippen molar-refractivity contribution in [2.75, 3.05) is 0 Å². The van der Waals surface area contributed by atoms with Crippen molar-refractivity contribution in [2.45, 2.75) is 45.8 Å². The van der Waals surface area contributed by atoms with Crippen LogP contribution < -0.4 is 4.74 Å². The molecule has 2 aromatic rings. The van der Waals surface area contributed by atoms with E-state index in [1.807, 2.05) is 36.4 Å². The van der Waals surface area contributed by atoms with Crippen molar-refractivity contribution in [2.24, 2.45) is 0 Å². The number of benzene rings is 2. The van der Waals surface area contributed by atoms with Crippen LogP contribution >= 0.6 is 0 Å². The molecule has 0 aliphatic rings. The highest BCUT2D eigenvalue weighted by Crippen LogP contribution is 2.31. The number of aliphatic hydroxyl groups is 1.